The Morgan fingerprint density at radius 3 is 2.29 bits per heavy atom. The maximum absolute atomic E-state index is 5.60. The Morgan fingerprint density at radius 2 is 1.79 bits per heavy atom. The van der Waals surface area contributed by atoms with Crippen LogP contribution in [0.2, 0.25) is 0 Å². The number of hydrogen-bond acceptors (Lipinski definition) is 3. The van der Waals surface area contributed by atoms with Crippen molar-refractivity contribution in [3.63, 3.8) is 0 Å². The quantitative estimate of drug-likeness (QED) is 0.779. The van der Waals surface area contributed by atoms with Gasteiger partial charge in [-0.05, 0) is 37.6 Å². The second-order valence-electron chi connectivity index (χ2n) is 3.29. The van der Waals surface area contributed by atoms with Crippen LogP contribution in [0, 0.1) is 0 Å². The first kappa shape index (κ1) is 10.9. The van der Waals surface area contributed by atoms with E-state index < -0.39 is 0 Å². The molecule has 1 unspecified atom stereocenters. The predicted octanol–water partition coefficient (Wildman–Crippen LogP) is 1.81. The molecule has 78 valence electrons. The summed E-state index contributed by atoms with van der Waals surface area (Å²) < 4.78 is 10.5. The lowest BCUT2D eigenvalue weighted by Crippen LogP contribution is -2.18. The van der Waals surface area contributed by atoms with Crippen LogP contribution in [0.3, 0.4) is 0 Å². The molecule has 0 fully saturated rings. The van der Waals surface area contributed by atoms with Crippen LogP contribution in [-0.4, -0.2) is 19.8 Å². The second-order valence-corrected chi connectivity index (χ2v) is 3.29. The number of rotatable bonds is 5. The van der Waals surface area contributed by atoms with E-state index in [4.69, 9.17) is 15.2 Å². The third-order valence-corrected chi connectivity index (χ3v) is 1.90. The summed E-state index contributed by atoms with van der Waals surface area (Å²) in [6.45, 7) is 2.63. The van der Waals surface area contributed by atoms with Gasteiger partial charge in [0.05, 0.1) is 13.7 Å². The molecule has 1 rings (SSSR count). The average molecular weight is 195 g/mol. The zero-order chi connectivity index (χ0) is 10.4. The van der Waals surface area contributed by atoms with Gasteiger partial charge in [0, 0.05) is 6.04 Å². The van der Waals surface area contributed by atoms with E-state index in [1.807, 2.05) is 31.2 Å². The summed E-state index contributed by atoms with van der Waals surface area (Å²) in [7, 11) is 1.64. The molecule has 0 spiro atoms. The molecule has 3 nitrogen and oxygen atoms in total. The largest absolute Gasteiger partial charge is 0.497 e. The van der Waals surface area contributed by atoms with Crippen molar-refractivity contribution < 1.29 is 9.47 Å². The molecule has 1 aromatic rings. The molecule has 0 aliphatic carbocycles. The van der Waals surface area contributed by atoms with Crippen molar-refractivity contribution in [3.05, 3.63) is 24.3 Å². The summed E-state index contributed by atoms with van der Waals surface area (Å²) in [6, 6.07) is 7.72. The third-order valence-electron chi connectivity index (χ3n) is 1.90. The first-order chi connectivity index (χ1) is 6.72. The van der Waals surface area contributed by atoms with Gasteiger partial charge in [0.1, 0.15) is 11.5 Å². The molecule has 0 saturated heterocycles. The van der Waals surface area contributed by atoms with Crippen LogP contribution in [0.25, 0.3) is 0 Å². The molecule has 0 bridgehead atoms. The van der Waals surface area contributed by atoms with Crippen molar-refractivity contribution in [3.8, 4) is 11.5 Å². The highest BCUT2D eigenvalue weighted by molar-refractivity contribution is 5.31. The fourth-order valence-electron chi connectivity index (χ4n) is 1.03. The van der Waals surface area contributed by atoms with Crippen LogP contribution in [0.5, 0.6) is 11.5 Å². The van der Waals surface area contributed by atoms with E-state index in [9.17, 15) is 0 Å². The fraction of sp³-hybridized carbons (Fsp3) is 0.455. The van der Waals surface area contributed by atoms with Gasteiger partial charge in [-0.15, -0.1) is 0 Å². The van der Waals surface area contributed by atoms with Crippen LogP contribution in [-0.2, 0) is 0 Å². The molecule has 0 heterocycles. The highest BCUT2D eigenvalue weighted by Crippen LogP contribution is 2.16. The molecule has 0 aromatic heterocycles. The lowest BCUT2D eigenvalue weighted by molar-refractivity contribution is 0.300. The Hall–Kier alpha value is -1.22. The van der Waals surface area contributed by atoms with Crippen LogP contribution in [0.4, 0.5) is 0 Å². The summed E-state index contributed by atoms with van der Waals surface area (Å²) in [5.41, 5.74) is 5.60. The van der Waals surface area contributed by atoms with Crippen molar-refractivity contribution in [2.45, 2.75) is 19.4 Å². The first-order valence-corrected chi connectivity index (χ1v) is 4.75. The van der Waals surface area contributed by atoms with E-state index in [1.54, 1.807) is 7.11 Å². The van der Waals surface area contributed by atoms with E-state index in [1.165, 1.54) is 0 Å². The highest BCUT2D eigenvalue weighted by atomic mass is 16.5. The Morgan fingerprint density at radius 1 is 1.21 bits per heavy atom. The summed E-state index contributed by atoms with van der Waals surface area (Å²) >= 11 is 0. The molecule has 14 heavy (non-hydrogen) atoms. The molecule has 0 aliphatic rings. The fourth-order valence-corrected chi connectivity index (χ4v) is 1.03. The van der Waals surface area contributed by atoms with Gasteiger partial charge in [-0.1, -0.05) is 0 Å². The zero-order valence-electron chi connectivity index (χ0n) is 8.69. The summed E-state index contributed by atoms with van der Waals surface area (Å²) in [5, 5.41) is 0. The lowest BCUT2D eigenvalue weighted by atomic mass is 10.3. The van der Waals surface area contributed by atoms with Crippen molar-refractivity contribution >= 4 is 0 Å². The minimum atomic E-state index is 0.188. The molecule has 1 atom stereocenters. The molecule has 3 heteroatoms. The number of ether oxygens (including phenoxy) is 2. The topological polar surface area (TPSA) is 44.5 Å². The molecular weight excluding hydrogens is 178 g/mol. The molecule has 0 amide bonds. The Bertz CT molecular complexity index is 256. The molecule has 0 saturated carbocycles. The summed E-state index contributed by atoms with van der Waals surface area (Å²) in [5.74, 6) is 1.69. The van der Waals surface area contributed by atoms with Gasteiger partial charge in [0.15, 0.2) is 0 Å². The van der Waals surface area contributed by atoms with Gasteiger partial charge < -0.3 is 15.2 Å². The minimum absolute atomic E-state index is 0.188. The number of benzene rings is 1. The van der Waals surface area contributed by atoms with Gasteiger partial charge in [-0.3, -0.25) is 0 Å². The van der Waals surface area contributed by atoms with Crippen LogP contribution < -0.4 is 15.2 Å². The van der Waals surface area contributed by atoms with Crippen LogP contribution >= 0.6 is 0 Å². The van der Waals surface area contributed by atoms with E-state index >= 15 is 0 Å². The monoisotopic (exact) mass is 195 g/mol. The van der Waals surface area contributed by atoms with Gasteiger partial charge in [-0.25, -0.2) is 0 Å². The Labute approximate surface area is 84.8 Å². The van der Waals surface area contributed by atoms with E-state index in [2.05, 4.69) is 0 Å². The standard InChI is InChI=1S/C11H17NO2/c1-9(12)7-8-14-11-5-3-10(13-2)4-6-11/h3-6,9H,7-8,12H2,1-2H3. The maximum atomic E-state index is 5.60. The molecular formula is C11H17NO2. The van der Waals surface area contributed by atoms with Crippen LogP contribution in [0.1, 0.15) is 13.3 Å². The summed E-state index contributed by atoms with van der Waals surface area (Å²) in [4.78, 5) is 0. The van der Waals surface area contributed by atoms with E-state index in [0.717, 1.165) is 17.9 Å². The maximum Gasteiger partial charge on any atom is 0.119 e. The number of hydrogen-bond donors (Lipinski definition) is 1. The first-order valence-electron chi connectivity index (χ1n) is 4.75. The molecule has 2 N–H and O–H groups in total. The molecule has 0 radical (unpaired) electrons. The second kappa shape index (κ2) is 5.50. The Balaban J connectivity index is 2.36. The smallest absolute Gasteiger partial charge is 0.119 e. The average Bonchev–Trinajstić information content (AvgIpc) is 2.18. The third kappa shape index (κ3) is 3.66. The van der Waals surface area contributed by atoms with E-state index in [0.29, 0.717) is 6.61 Å². The van der Waals surface area contributed by atoms with Crippen molar-refractivity contribution in [2.24, 2.45) is 5.73 Å². The van der Waals surface area contributed by atoms with Crippen molar-refractivity contribution in [1.82, 2.24) is 0 Å². The highest BCUT2D eigenvalue weighted by Gasteiger charge is 1.97. The number of methoxy groups -OCH3 is 1. The number of nitrogens with two attached hydrogens (primary N) is 1. The van der Waals surface area contributed by atoms with Gasteiger partial charge >= 0.3 is 0 Å². The minimum Gasteiger partial charge on any atom is -0.497 e. The lowest BCUT2D eigenvalue weighted by Gasteiger charge is -2.08. The van der Waals surface area contributed by atoms with Crippen molar-refractivity contribution in [1.29, 1.82) is 0 Å². The van der Waals surface area contributed by atoms with Crippen LogP contribution in [0.15, 0.2) is 24.3 Å². The normalized spacial score (nSPS) is 12.2. The van der Waals surface area contributed by atoms with Gasteiger partial charge in [0.25, 0.3) is 0 Å². The Kier molecular flexibility index (Phi) is 4.26. The molecule has 1 aromatic carbocycles. The predicted molar refractivity (Wildman–Crippen MR) is 56.8 cm³/mol. The van der Waals surface area contributed by atoms with E-state index in [-0.39, 0.29) is 6.04 Å². The summed E-state index contributed by atoms with van der Waals surface area (Å²) in [6.07, 6.45) is 0.867. The van der Waals surface area contributed by atoms with Crippen molar-refractivity contribution in [2.75, 3.05) is 13.7 Å². The SMILES string of the molecule is COc1ccc(OCCC(C)N)cc1. The zero-order valence-corrected chi connectivity index (χ0v) is 8.69. The van der Waals surface area contributed by atoms with Gasteiger partial charge in [0.2, 0.25) is 0 Å². The van der Waals surface area contributed by atoms with Gasteiger partial charge in [-0.2, -0.15) is 0 Å². The molecule has 0 aliphatic heterocycles.